The zero-order chi connectivity index (χ0) is 13.0. The lowest BCUT2D eigenvalue weighted by Crippen LogP contribution is -2.46. The third-order valence-corrected chi connectivity index (χ3v) is 7.57. The van der Waals surface area contributed by atoms with Crippen LogP contribution in [0.5, 0.6) is 0 Å². The van der Waals surface area contributed by atoms with Gasteiger partial charge in [0.05, 0.1) is 10.5 Å². The van der Waals surface area contributed by atoms with Crippen LogP contribution in [0, 0.1) is 0 Å². The number of hydrogen-bond acceptors (Lipinski definition) is 3. The summed E-state index contributed by atoms with van der Waals surface area (Å²) in [6.45, 7) is 0. The quantitative estimate of drug-likeness (QED) is 0.860. The molecule has 0 spiro atoms. The first-order chi connectivity index (χ1) is 8.66. The van der Waals surface area contributed by atoms with Gasteiger partial charge in [-0.2, -0.15) is 0 Å². The second kappa shape index (κ2) is 6.38. The van der Waals surface area contributed by atoms with Crippen LogP contribution in [0.1, 0.15) is 64.2 Å². The molecule has 3 nitrogen and oxygen atoms in total. The van der Waals surface area contributed by atoms with Gasteiger partial charge in [-0.15, -0.1) is 0 Å². The molecule has 0 saturated heterocycles. The van der Waals surface area contributed by atoms with Crippen LogP contribution in [-0.2, 0) is 9.84 Å². The average molecular weight is 273 g/mol. The third kappa shape index (κ3) is 3.08. The Morgan fingerprint density at radius 1 is 0.833 bits per heavy atom. The van der Waals surface area contributed by atoms with Crippen molar-refractivity contribution < 1.29 is 8.42 Å². The molecule has 0 aliphatic heterocycles. The second-order valence-corrected chi connectivity index (χ2v) is 8.37. The molecular weight excluding hydrogens is 246 g/mol. The van der Waals surface area contributed by atoms with Crippen LogP contribution in [-0.4, -0.2) is 32.0 Å². The van der Waals surface area contributed by atoms with Crippen molar-refractivity contribution in [3.05, 3.63) is 0 Å². The highest BCUT2D eigenvalue weighted by atomic mass is 32.2. The van der Waals surface area contributed by atoms with Gasteiger partial charge >= 0.3 is 0 Å². The SMILES string of the molecule is CNC1CCCCCCC1S(=O)(=O)C1CCCC1. The van der Waals surface area contributed by atoms with Gasteiger partial charge in [0.25, 0.3) is 0 Å². The van der Waals surface area contributed by atoms with Crippen LogP contribution in [0.3, 0.4) is 0 Å². The van der Waals surface area contributed by atoms with Crippen LogP contribution in [0.2, 0.25) is 0 Å². The Bertz CT molecular complexity index is 347. The molecule has 2 atom stereocenters. The maximum absolute atomic E-state index is 12.8. The largest absolute Gasteiger partial charge is 0.316 e. The molecule has 0 heterocycles. The molecule has 2 fully saturated rings. The fraction of sp³-hybridized carbons (Fsp3) is 1.00. The minimum atomic E-state index is -2.93. The average Bonchev–Trinajstić information content (AvgIpc) is 2.82. The van der Waals surface area contributed by atoms with Gasteiger partial charge in [-0.1, -0.05) is 38.5 Å². The van der Waals surface area contributed by atoms with Crippen LogP contribution < -0.4 is 5.32 Å². The molecule has 0 aromatic heterocycles. The van der Waals surface area contributed by atoms with Crippen molar-refractivity contribution in [1.29, 1.82) is 0 Å². The molecule has 2 saturated carbocycles. The topological polar surface area (TPSA) is 46.2 Å². The van der Waals surface area contributed by atoms with E-state index < -0.39 is 9.84 Å². The van der Waals surface area contributed by atoms with E-state index in [-0.39, 0.29) is 16.5 Å². The van der Waals surface area contributed by atoms with Gasteiger partial charge in [0.15, 0.2) is 9.84 Å². The van der Waals surface area contributed by atoms with E-state index >= 15 is 0 Å². The molecule has 0 aromatic carbocycles. The molecule has 0 radical (unpaired) electrons. The maximum atomic E-state index is 12.8. The predicted octanol–water partition coefficient (Wildman–Crippen LogP) is 2.65. The Morgan fingerprint density at radius 3 is 2.00 bits per heavy atom. The Balaban J connectivity index is 2.14. The van der Waals surface area contributed by atoms with E-state index in [1.807, 2.05) is 7.05 Å². The van der Waals surface area contributed by atoms with Crippen molar-refractivity contribution in [3.8, 4) is 0 Å². The molecule has 2 rings (SSSR count). The fourth-order valence-electron chi connectivity index (χ4n) is 3.64. The van der Waals surface area contributed by atoms with Crippen molar-refractivity contribution in [1.82, 2.24) is 5.32 Å². The highest BCUT2D eigenvalue weighted by Crippen LogP contribution is 2.32. The van der Waals surface area contributed by atoms with Crippen LogP contribution in [0.15, 0.2) is 0 Å². The van der Waals surface area contributed by atoms with E-state index in [4.69, 9.17) is 0 Å². The van der Waals surface area contributed by atoms with Gasteiger partial charge in [0.1, 0.15) is 0 Å². The summed E-state index contributed by atoms with van der Waals surface area (Å²) in [6.07, 6.45) is 10.6. The van der Waals surface area contributed by atoms with Crippen LogP contribution in [0.25, 0.3) is 0 Å². The third-order valence-electron chi connectivity index (χ3n) is 4.76. The summed E-state index contributed by atoms with van der Waals surface area (Å²) in [6, 6.07) is 0.177. The van der Waals surface area contributed by atoms with Gasteiger partial charge in [0, 0.05) is 6.04 Å². The molecule has 0 amide bonds. The summed E-state index contributed by atoms with van der Waals surface area (Å²) in [5, 5.41) is 3.10. The van der Waals surface area contributed by atoms with Crippen LogP contribution in [0.4, 0.5) is 0 Å². The van der Waals surface area contributed by atoms with E-state index in [1.54, 1.807) is 0 Å². The molecule has 2 unspecified atom stereocenters. The molecule has 4 heteroatoms. The van der Waals surface area contributed by atoms with Gasteiger partial charge in [0.2, 0.25) is 0 Å². The summed E-state index contributed by atoms with van der Waals surface area (Å²) in [7, 11) is -1.00. The van der Waals surface area contributed by atoms with Crippen molar-refractivity contribution in [2.75, 3.05) is 7.05 Å². The van der Waals surface area contributed by atoms with E-state index in [0.717, 1.165) is 44.9 Å². The van der Waals surface area contributed by atoms with Gasteiger partial charge in [-0.3, -0.25) is 0 Å². The lowest BCUT2D eigenvalue weighted by molar-refractivity contribution is 0.402. The number of hydrogen-bond donors (Lipinski definition) is 1. The van der Waals surface area contributed by atoms with Gasteiger partial charge in [-0.25, -0.2) is 8.42 Å². The second-order valence-electron chi connectivity index (χ2n) is 5.92. The van der Waals surface area contributed by atoms with Crippen LogP contribution >= 0.6 is 0 Å². The van der Waals surface area contributed by atoms with E-state index in [1.165, 1.54) is 19.3 Å². The number of sulfone groups is 1. The highest BCUT2D eigenvalue weighted by molar-refractivity contribution is 7.92. The smallest absolute Gasteiger partial charge is 0.157 e. The lowest BCUT2D eigenvalue weighted by atomic mass is 9.96. The monoisotopic (exact) mass is 273 g/mol. The lowest BCUT2D eigenvalue weighted by Gasteiger charge is -2.31. The van der Waals surface area contributed by atoms with E-state index in [0.29, 0.717) is 0 Å². The first-order valence-corrected chi connectivity index (χ1v) is 9.17. The number of rotatable bonds is 3. The van der Waals surface area contributed by atoms with Crippen molar-refractivity contribution in [3.63, 3.8) is 0 Å². The minimum Gasteiger partial charge on any atom is -0.316 e. The van der Waals surface area contributed by atoms with E-state index in [9.17, 15) is 8.42 Å². The molecule has 2 aliphatic rings. The van der Waals surface area contributed by atoms with Gasteiger partial charge < -0.3 is 5.32 Å². The van der Waals surface area contributed by atoms with Crippen molar-refractivity contribution in [2.45, 2.75) is 80.7 Å². The molecule has 106 valence electrons. The Kier molecular flexibility index (Phi) is 5.07. The highest BCUT2D eigenvalue weighted by Gasteiger charge is 2.39. The molecular formula is C14H27NO2S. The zero-order valence-electron chi connectivity index (χ0n) is 11.5. The number of nitrogens with one attached hydrogen (secondary N) is 1. The summed E-state index contributed by atoms with van der Waals surface area (Å²) in [4.78, 5) is 0. The molecule has 1 N–H and O–H groups in total. The van der Waals surface area contributed by atoms with E-state index in [2.05, 4.69) is 5.32 Å². The van der Waals surface area contributed by atoms with Crippen molar-refractivity contribution >= 4 is 9.84 Å². The Labute approximate surface area is 112 Å². The summed E-state index contributed by atoms with van der Waals surface area (Å²) >= 11 is 0. The van der Waals surface area contributed by atoms with Gasteiger partial charge in [-0.05, 0) is 32.7 Å². The fourth-order valence-corrected chi connectivity index (χ4v) is 6.35. The summed E-state index contributed by atoms with van der Waals surface area (Å²) < 4.78 is 25.6. The predicted molar refractivity (Wildman–Crippen MR) is 75.5 cm³/mol. The summed E-state index contributed by atoms with van der Waals surface area (Å²) in [5.41, 5.74) is 0. The Morgan fingerprint density at radius 2 is 1.39 bits per heavy atom. The maximum Gasteiger partial charge on any atom is 0.157 e. The first-order valence-electron chi connectivity index (χ1n) is 7.56. The summed E-state index contributed by atoms with van der Waals surface area (Å²) in [5.74, 6) is 0. The molecule has 0 bridgehead atoms. The normalized spacial score (nSPS) is 32.1. The molecule has 18 heavy (non-hydrogen) atoms. The minimum absolute atomic E-state index is 0.0437. The molecule has 0 aromatic rings. The first kappa shape index (κ1) is 14.3. The Hall–Kier alpha value is -0.0900. The standard InChI is InChI=1S/C14H27NO2S/c1-15-13-10-4-2-3-5-11-14(13)18(16,17)12-8-6-7-9-12/h12-15H,2-11H2,1H3. The zero-order valence-corrected chi connectivity index (χ0v) is 12.3. The molecule has 2 aliphatic carbocycles. The van der Waals surface area contributed by atoms with Crippen molar-refractivity contribution in [2.24, 2.45) is 0 Å².